The lowest BCUT2D eigenvalue weighted by Crippen LogP contribution is -1.87. The van der Waals surface area contributed by atoms with Crippen molar-refractivity contribution in [3.8, 4) is 6.07 Å². The molecule has 0 atom stereocenters. The fourth-order valence-corrected chi connectivity index (χ4v) is 1.56. The van der Waals surface area contributed by atoms with Crippen molar-refractivity contribution in [2.75, 3.05) is 0 Å². The molecule has 2 heteroatoms. The van der Waals surface area contributed by atoms with Gasteiger partial charge >= 0.3 is 0 Å². The van der Waals surface area contributed by atoms with Crippen molar-refractivity contribution in [3.05, 3.63) is 41.6 Å². The first kappa shape index (κ1) is 8.71. The van der Waals surface area contributed by atoms with Crippen molar-refractivity contribution in [1.82, 2.24) is 4.98 Å². The van der Waals surface area contributed by atoms with Gasteiger partial charge in [0.2, 0.25) is 0 Å². The summed E-state index contributed by atoms with van der Waals surface area (Å²) >= 11 is 0. The fourth-order valence-electron chi connectivity index (χ4n) is 1.56. The van der Waals surface area contributed by atoms with Gasteiger partial charge in [-0.25, -0.2) is 0 Å². The van der Waals surface area contributed by atoms with Crippen molar-refractivity contribution in [3.63, 3.8) is 0 Å². The van der Waals surface area contributed by atoms with Crippen LogP contribution in [0.1, 0.15) is 11.1 Å². The lowest BCUT2D eigenvalue weighted by Gasteiger charge is -2.02. The second kappa shape index (κ2) is 3.47. The van der Waals surface area contributed by atoms with Crippen LogP contribution in [0.2, 0.25) is 0 Å². The van der Waals surface area contributed by atoms with Gasteiger partial charge in [-0.1, -0.05) is 11.6 Å². The Morgan fingerprint density at radius 2 is 2.21 bits per heavy atom. The number of benzene rings is 1. The van der Waals surface area contributed by atoms with Gasteiger partial charge in [0.05, 0.1) is 18.0 Å². The van der Waals surface area contributed by atoms with E-state index in [1.807, 2.05) is 25.1 Å². The third kappa shape index (κ3) is 1.45. The molecule has 1 aromatic carbocycles. The van der Waals surface area contributed by atoms with Crippen molar-refractivity contribution in [2.45, 2.75) is 13.3 Å². The molecule has 0 saturated heterocycles. The summed E-state index contributed by atoms with van der Waals surface area (Å²) in [6, 6.07) is 10.2. The van der Waals surface area contributed by atoms with Gasteiger partial charge in [0.15, 0.2) is 0 Å². The summed E-state index contributed by atoms with van der Waals surface area (Å²) in [5, 5.41) is 9.77. The maximum atomic E-state index is 8.68. The van der Waals surface area contributed by atoms with Crippen molar-refractivity contribution >= 4 is 10.9 Å². The first-order chi connectivity index (χ1) is 6.81. The number of aryl methyl sites for hydroxylation is 1. The number of nitrogens with zero attached hydrogens (tertiary/aromatic N) is 2. The maximum Gasteiger partial charge on any atom is 0.0705 e. The van der Waals surface area contributed by atoms with E-state index in [9.17, 15) is 0 Å². The zero-order valence-electron chi connectivity index (χ0n) is 7.99. The number of hydrogen-bond acceptors (Lipinski definition) is 2. The van der Waals surface area contributed by atoms with Crippen molar-refractivity contribution in [2.24, 2.45) is 0 Å². The van der Waals surface area contributed by atoms with Crippen LogP contribution in [0.5, 0.6) is 0 Å². The predicted octanol–water partition coefficient (Wildman–Crippen LogP) is 2.61. The van der Waals surface area contributed by atoms with Crippen molar-refractivity contribution < 1.29 is 0 Å². The minimum Gasteiger partial charge on any atom is -0.256 e. The van der Waals surface area contributed by atoms with Gasteiger partial charge in [-0.3, -0.25) is 4.98 Å². The molecule has 68 valence electrons. The highest BCUT2D eigenvalue weighted by atomic mass is 14.6. The van der Waals surface area contributed by atoms with Crippen LogP contribution in [0.15, 0.2) is 30.5 Å². The van der Waals surface area contributed by atoms with E-state index in [0.29, 0.717) is 6.42 Å². The second-order valence-electron chi connectivity index (χ2n) is 3.33. The SMILES string of the molecule is Cc1ccc2nccc(CC#N)c2c1. The molecule has 0 fully saturated rings. The summed E-state index contributed by atoms with van der Waals surface area (Å²) in [4.78, 5) is 4.26. The number of rotatable bonds is 1. The molecule has 2 aromatic rings. The topological polar surface area (TPSA) is 36.7 Å². The van der Waals surface area contributed by atoms with E-state index >= 15 is 0 Å². The Bertz CT molecular complexity index is 509. The quantitative estimate of drug-likeness (QED) is 0.679. The lowest BCUT2D eigenvalue weighted by atomic mass is 10.1. The monoisotopic (exact) mass is 182 g/mol. The van der Waals surface area contributed by atoms with Gasteiger partial charge in [-0.15, -0.1) is 0 Å². The normalized spacial score (nSPS) is 10.0. The molecule has 0 bridgehead atoms. The largest absolute Gasteiger partial charge is 0.256 e. The van der Waals surface area contributed by atoms with Gasteiger partial charge < -0.3 is 0 Å². The van der Waals surface area contributed by atoms with Gasteiger partial charge in [0.25, 0.3) is 0 Å². The molecule has 0 saturated carbocycles. The molecular formula is C12H10N2. The van der Waals surface area contributed by atoms with Crippen LogP contribution in [-0.2, 0) is 6.42 Å². The summed E-state index contributed by atoms with van der Waals surface area (Å²) in [5.41, 5.74) is 3.22. The molecule has 14 heavy (non-hydrogen) atoms. The van der Waals surface area contributed by atoms with Crippen LogP contribution < -0.4 is 0 Å². The minimum atomic E-state index is 0.447. The molecule has 0 N–H and O–H groups in total. The second-order valence-corrected chi connectivity index (χ2v) is 3.33. The van der Waals surface area contributed by atoms with Crippen LogP contribution in [0, 0.1) is 18.3 Å². The van der Waals surface area contributed by atoms with Gasteiger partial charge in [0.1, 0.15) is 0 Å². The number of fused-ring (bicyclic) bond motifs is 1. The van der Waals surface area contributed by atoms with Crippen LogP contribution in [0.25, 0.3) is 10.9 Å². The van der Waals surface area contributed by atoms with E-state index < -0.39 is 0 Å². The van der Waals surface area contributed by atoms with Crippen LogP contribution in [0.4, 0.5) is 0 Å². The molecule has 0 unspecified atom stereocenters. The molecule has 1 aromatic heterocycles. The van der Waals surface area contributed by atoms with Gasteiger partial charge in [0, 0.05) is 11.6 Å². The molecule has 0 radical (unpaired) electrons. The highest BCUT2D eigenvalue weighted by Gasteiger charge is 2.00. The third-order valence-electron chi connectivity index (χ3n) is 2.26. The number of nitriles is 1. The zero-order chi connectivity index (χ0) is 9.97. The average molecular weight is 182 g/mol. The molecule has 0 aliphatic carbocycles. The minimum absolute atomic E-state index is 0.447. The molecule has 0 aliphatic heterocycles. The predicted molar refractivity (Wildman–Crippen MR) is 55.8 cm³/mol. The van der Waals surface area contributed by atoms with Gasteiger partial charge in [-0.2, -0.15) is 5.26 Å². The lowest BCUT2D eigenvalue weighted by molar-refractivity contribution is 1.26. The van der Waals surface area contributed by atoms with E-state index in [0.717, 1.165) is 16.5 Å². The molecular weight excluding hydrogens is 172 g/mol. The van der Waals surface area contributed by atoms with E-state index in [1.54, 1.807) is 6.20 Å². The maximum absolute atomic E-state index is 8.68. The Labute approximate surface area is 82.8 Å². The number of aromatic nitrogens is 1. The molecule has 0 amide bonds. The Hall–Kier alpha value is -1.88. The van der Waals surface area contributed by atoms with E-state index in [2.05, 4.69) is 17.1 Å². The molecule has 0 aliphatic rings. The summed E-state index contributed by atoms with van der Waals surface area (Å²) < 4.78 is 0. The van der Waals surface area contributed by atoms with Crippen LogP contribution >= 0.6 is 0 Å². The first-order valence-electron chi connectivity index (χ1n) is 4.52. The molecule has 0 spiro atoms. The highest BCUT2D eigenvalue weighted by Crippen LogP contribution is 2.18. The average Bonchev–Trinajstić information content (AvgIpc) is 2.19. The Morgan fingerprint density at radius 3 is 3.00 bits per heavy atom. The Balaban J connectivity index is 2.72. The summed E-state index contributed by atoms with van der Waals surface area (Å²) in [6.07, 6.45) is 2.20. The third-order valence-corrected chi connectivity index (χ3v) is 2.26. The summed E-state index contributed by atoms with van der Waals surface area (Å²) in [5.74, 6) is 0. The Morgan fingerprint density at radius 1 is 1.36 bits per heavy atom. The van der Waals surface area contributed by atoms with Crippen LogP contribution in [0.3, 0.4) is 0 Å². The number of hydrogen-bond donors (Lipinski definition) is 0. The van der Waals surface area contributed by atoms with Crippen molar-refractivity contribution in [1.29, 1.82) is 5.26 Å². The van der Waals surface area contributed by atoms with E-state index in [1.165, 1.54) is 5.56 Å². The fraction of sp³-hybridized carbons (Fsp3) is 0.167. The van der Waals surface area contributed by atoms with Crippen LogP contribution in [-0.4, -0.2) is 4.98 Å². The first-order valence-corrected chi connectivity index (χ1v) is 4.52. The molecule has 1 heterocycles. The molecule has 2 nitrogen and oxygen atoms in total. The van der Waals surface area contributed by atoms with E-state index in [-0.39, 0.29) is 0 Å². The van der Waals surface area contributed by atoms with E-state index in [4.69, 9.17) is 5.26 Å². The summed E-state index contributed by atoms with van der Waals surface area (Å²) in [6.45, 7) is 2.04. The summed E-state index contributed by atoms with van der Waals surface area (Å²) in [7, 11) is 0. The highest BCUT2D eigenvalue weighted by molar-refractivity contribution is 5.82. The smallest absolute Gasteiger partial charge is 0.0705 e. The number of pyridine rings is 1. The molecule has 2 rings (SSSR count). The standard InChI is InChI=1S/C12H10N2/c1-9-2-3-12-11(8-9)10(4-6-13)5-7-14-12/h2-3,5,7-8H,4H2,1H3. The zero-order valence-corrected chi connectivity index (χ0v) is 7.99. The Kier molecular flexibility index (Phi) is 2.16. The van der Waals surface area contributed by atoms with Gasteiger partial charge in [-0.05, 0) is 30.7 Å².